The molecule has 0 bridgehead atoms. The molecule has 0 unspecified atom stereocenters. The van der Waals surface area contributed by atoms with Crippen LogP contribution in [0.4, 0.5) is 13.2 Å². The first-order valence-electron chi connectivity index (χ1n) is 49.8. The van der Waals surface area contributed by atoms with E-state index in [0.717, 1.165) is 107 Å². The summed E-state index contributed by atoms with van der Waals surface area (Å²) in [5.74, 6) is -1.24. The smallest absolute Gasteiger partial charge is 0.426 e. The number of Topliss-reactive ketones (excluding diaryl/α,β-unsaturated/α-hetero) is 2. The Balaban J connectivity index is 0.000000179. The van der Waals surface area contributed by atoms with Gasteiger partial charge in [0.15, 0.2) is 36.7 Å². The van der Waals surface area contributed by atoms with Gasteiger partial charge in [-0.2, -0.15) is 18.4 Å². The van der Waals surface area contributed by atoms with Crippen LogP contribution in [0, 0.1) is 99.6 Å². The average Bonchev–Trinajstić information content (AvgIpc) is 1.57. The number of nitrogens with zero attached hydrogens (tertiary/aromatic N) is 3. The van der Waals surface area contributed by atoms with Crippen molar-refractivity contribution in [2.45, 2.75) is 339 Å². The van der Waals surface area contributed by atoms with Gasteiger partial charge in [0.1, 0.15) is 71.4 Å². The molecule has 0 radical (unpaired) electrons. The first-order valence-corrected chi connectivity index (χ1v) is 50.2. The number of hydrogen-bond donors (Lipinski definition) is 0. The number of ketones is 2. The Morgan fingerprint density at radius 2 is 1.03 bits per heavy atom. The van der Waals surface area contributed by atoms with Crippen LogP contribution < -0.4 is 4.74 Å². The first-order chi connectivity index (χ1) is 64.9. The second-order valence-corrected chi connectivity index (χ2v) is 41.6. The molecule has 26 nitrogen and oxygen atoms in total. The van der Waals surface area contributed by atoms with Crippen LogP contribution in [0.1, 0.15) is 203 Å². The summed E-state index contributed by atoms with van der Waals surface area (Å²) in [6, 6.07) is 18.1. The summed E-state index contributed by atoms with van der Waals surface area (Å²) in [6.07, 6.45) is 14.3. The number of allylic oxidation sites excluding steroid dienone is 10. The van der Waals surface area contributed by atoms with Crippen molar-refractivity contribution in [3.63, 3.8) is 0 Å². The van der Waals surface area contributed by atoms with Gasteiger partial charge >= 0.3 is 24.1 Å². The Labute approximate surface area is 808 Å². The molecular formula is C106H151ClF3N3O23. The number of esters is 3. The van der Waals surface area contributed by atoms with Crippen molar-refractivity contribution >= 4 is 41.1 Å². The van der Waals surface area contributed by atoms with Crippen LogP contribution in [0.5, 0.6) is 11.5 Å². The minimum Gasteiger partial charge on any atom is -0.462 e. The summed E-state index contributed by atoms with van der Waals surface area (Å²) in [5, 5.41) is 8.23. The van der Waals surface area contributed by atoms with E-state index < -0.39 is 65.3 Å². The van der Waals surface area contributed by atoms with E-state index in [-0.39, 0.29) is 194 Å². The van der Waals surface area contributed by atoms with Crippen molar-refractivity contribution in [3.05, 3.63) is 118 Å². The van der Waals surface area contributed by atoms with E-state index in [2.05, 4.69) is 103 Å². The summed E-state index contributed by atoms with van der Waals surface area (Å²) in [7, 11) is 18.3. The number of ether oxygens (including phenoxy) is 18. The van der Waals surface area contributed by atoms with Gasteiger partial charge in [0.25, 0.3) is 0 Å². The summed E-state index contributed by atoms with van der Waals surface area (Å²) in [4.78, 5) is 73.5. The number of hydrogen-bond acceptors (Lipinski definition) is 26. The van der Waals surface area contributed by atoms with E-state index >= 15 is 0 Å². The molecule has 6 saturated heterocycles. The lowest BCUT2D eigenvalue weighted by atomic mass is 9.67. The Morgan fingerprint density at radius 3 is 1.50 bits per heavy atom. The number of carbonyl (C=O) groups is 5. The third-order valence-electron chi connectivity index (χ3n) is 32.2. The van der Waals surface area contributed by atoms with Gasteiger partial charge in [0.2, 0.25) is 6.10 Å². The Hall–Kier alpha value is -6.38. The Kier molecular flexibility index (Phi) is 37.1. The van der Waals surface area contributed by atoms with E-state index in [0.29, 0.717) is 53.8 Å². The van der Waals surface area contributed by atoms with E-state index in [4.69, 9.17) is 96.9 Å². The van der Waals surface area contributed by atoms with E-state index in [1.165, 1.54) is 5.57 Å². The highest BCUT2D eigenvalue weighted by molar-refractivity contribution is 6.30. The molecule has 3 saturated carbocycles. The van der Waals surface area contributed by atoms with Crippen molar-refractivity contribution < 1.29 is 122 Å². The molecule has 13 aliphatic rings. The second kappa shape index (κ2) is 47.2. The van der Waals surface area contributed by atoms with Crippen LogP contribution >= 0.6 is 11.6 Å². The highest BCUT2D eigenvalue weighted by Gasteiger charge is 2.63. The van der Waals surface area contributed by atoms with Crippen LogP contribution in [0.2, 0.25) is 0 Å². The molecule has 37 atom stereocenters. The van der Waals surface area contributed by atoms with Crippen LogP contribution in [0.25, 0.3) is 0 Å². The number of methoxy groups -OCH3 is 6. The van der Waals surface area contributed by atoms with Gasteiger partial charge < -0.3 is 95.1 Å². The zero-order valence-corrected chi connectivity index (χ0v) is 84.2. The van der Waals surface area contributed by atoms with Gasteiger partial charge in [-0.3, -0.25) is 24.0 Å². The fourth-order valence-corrected chi connectivity index (χ4v) is 24.7. The maximum Gasteiger partial charge on any atom is 0.426 e. The normalized spacial score (nSPS) is 39.9. The van der Waals surface area contributed by atoms with E-state index in [1.807, 2.05) is 52.0 Å². The summed E-state index contributed by atoms with van der Waals surface area (Å²) >= 11 is 5.32. The lowest BCUT2D eigenvalue weighted by Crippen LogP contribution is -2.59. The Morgan fingerprint density at radius 1 is 0.551 bits per heavy atom. The maximum absolute atomic E-state index is 14.7. The number of benzene rings is 2. The van der Waals surface area contributed by atoms with Gasteiger partial charge in [0.05, 0.1) is 67.6 Å². The fraction of sp³-hybridized carbons (Fsp3) is 0.736. The van der Waals surface area contributed by atoms with Gasteiger partial charge in [0, 0.05) is 84.0 Å². The van der Waals surface area contributed by atoms with Gasteiger partial charge in [-0.25, -0.2) is 0 Å². The van der Waals surface area contributed by atoms with Crippen molar-refractivity contribution in [3.8, 4) is 17.6 Å². The van der Waals surface area contributed by atoms with Crippen LogP contribution in [0.3, 0.4) is 0 Å². The zero-order chi connectivity index (χ0) is 98.2. The molecule has 2 aromatic carbocycles. The SMILES string of the molecule is CC1(C)[C@H](C(=O)O[C@H](C#N)c2cccc(Oc3ccccc3)c2)[C@@H]1/C=C(\Cl)C(F)(F)F.CC[C@H]1CCC[C@H](O[C@H]2CC[C@H](N(C)C)[C@@H](C)O2)[C@@H](C)C(=O)C2=C[C@@H]3[C@@H](C=C(C)[C@@H]4C[C@@H](O[C@@H]5O[C@@H](C)[C@H](OC)[C@@H](OC)[C@H]5OC)C[C@@H]34)[C@@H]2CC(=O)O1.CC[C@H]1CCC[C@H](O[C@H]2CC[C@H](N(C)C)[C@@H](C)O2)[C@@H](C)C(=O)C2=C[C@@H]3[C@@H](C=C[C@@H]4C[C@@H](O[C@@H]5O[C@@H](C)[C@H](OC)[C@@H](OC)[C@H]5OC)C[C@@H]34)[C@@H]2CC(=O)O1. The number of fused-ring (bicyclic) bond motifs is 10. The molecular weight excluding hydrogens is 1780 g/mol. The largest absolute Gasteiger partial charge is 0.462 e. The van der Waals surface area contributed by atoms with Crippen molar-refractivity contribution in [2.75, 3.05) is 70.8 Å². The molecule has 30 heteroatoms. The standard InChI is InChI=1S/C42H67NO10.C41H65NO10.C23H19ClF3NO3/c1-11-26-13-12-14-35(53-37-16-15-34(43(6)7)24(4)49-37)23(3)38(45)33-20-31-29(32(33)21-36(44)51-26)17-22(2)28-18-27(19-30(28)31)52-42-41(48-10)40(47-9)39(46-8)25(5)50-42;1-10-26-12-11-13-34(52-36-17-16-33(42(5)6)23(3)48-36)22(2)37(44)32-20-30-28(31(32)21-35(43)50-26)15-14-25-18-27(19-29(25)30)51-41-40(47-9)39(46-8)38(45-7)24(4)49-41;1-22(2)17(12-19(24)23(25,26)27)20(22)21(29)31-18(13-28)14-7-6-10-16(11-14)30-15-8-4-3-5-9-15/h17,20,23-32,34-35,37,39-42H,11-16,18-19,21H2,1-10H3;14-15,20,22-31,33-34,36,38-41H,10-13,16-19,21H2,1-9H3;3-12,17-18,20H,1-2H3/b;;19-12-/t23-,24-,25+,26+,27-,28+,29-,30-,31-,32+,34+,35+,37+,39+,40-,41-,42+;22-,23-,24+,25-,26+,27-,28-,29-,30-,31+,33+,34+,36+,38+,39-,40-,41+;17-,18+,20-/m110/s1. The van der Waals surface area contributed by atoms with Crippen LogP contribution in [-0.2, 0) is 104 Å². The molecule has 0 aromatic heterocycles. The number of halogens is 4. The minimum absolute atomic E-state index is 0.0364. The van der Waals surface area contributed by atoms with Gasteiger partial charge in [-0.15, -0.1) is 0 Å². The number of nitriles is 1. The van der Waals surface area contributed by atoms with Crippen molar-refractivity contribution in [1.82, 2.24) is 9.80 Å². The predicted octanol–water partition coefficient (Wildman–Crippen LogP) is 17.9. The summed E-state index contributed by atoms with van der Waals surface area (Å²) in [6.45, 7) is 21.8. The summed E-state index contributed by atoms with van der Waals surface area (Å²) in [5.41, 5.74) is 2.46. The molecule has 6 heterocycles. The molecule has 756 valence electrons. The van der Waals surface area contributed by atoms with Crippen LogP contribution in [0.15, 0.2) is 113 Å². The number of alkyl halides is 3. The minimum atomic E-state index is -4.68. The highest BCUT2D eigenvalue weighted by Crippen LogP contribution is 2.62. The average molecular weight is 1930 g/mol. The molecule has 0 spiro atoms. The van der Waals surface area contributed by atoms with Crippen molar-refractivity contribution in [1.29, 1.82) is 5.26 Å². The fourth-order valence-electron chi connectivity index (χ4n) is 24.6. The van der Waals surface area contributed by atoms with Crippen LogP contribution in [-0.4, -0.2) is 251 Å². The maximum atomic E-state index is 14.7. The molecule has 9 fully saturated rings. The Bertz CT molecular complexity index is 4540. The van der Waals surface area contributed by atoms with Gasteiger partial charge in [-0.1, -0.05) is 126 Å². The summed E-state index contributed by atoms with van der Waals surface area (Å²) < 4.78 is 149. The monoisotopic (exact) mass is 1930 g/mol. The number of likely N-dealkylation sites (N-methyl/N-ethyl adjacent to an activating group) is 2. The zero-order valence-electron chi connectivity index (χ0n) is 83.5. The molecule has 6 aliphatic heterocycles. The van der Waals surface area contributed by atoms with Crippen molar-refractivity contribution in [2.24, 2.45) is 88.3 Å². The molecule has 2 aromatic rings. The van der Waals surface area contributed by atoms with E-state index in [1.54, 1.807) is 92.9 Å². The number of rotatable bonds is 24. The number of carbonyl (C=O) groups excluding carboxylic acids is 5. The second-order valence-electron chi connectivity index (χ2n) is 41.2. The molecule has 15 rings (SSSR count). The molecule has 0 N–H and O–H groups in total. The molecule has 0 amide bonds. The third-order valence-corrected chi connectivity index (χ3v) is 32.5. The predicted molar refractivity (Wildman–Crippen MR) is 501 cm³/mol. The highest BCUT2D eigenvalue weighted by atomic mass is 35.5. The number of para-hydroxylation sites is 1. The third kappa shape index (κ3) is 24.6. The quantitative estimate of drug-likeness (QED) is 0.0536. The first kappa shape index (κ1) is 107. The van der Waals surface area contributed by atoms with Gasteiger partial charge in [-0.05, 0) is 260 Å². The topological polar surface area (TPSA) is 282 Å². The lowest BCUT2D eigenvalue weighted by Gasteiger charge is -2.44. The van der Waals surface area contributed by atoms with E-state index in [9.17, 15) is 42.4 Å². The molecule has 7 aliphatic carbocycles. The lowest BCUT2D eigenvalue weighted by molar-refractivity contribution is -0.314. The number of cyclic esters (lactones) is 2. The molecule has 136 heavy (non-hydrogen) atoms.